The van der Waals surface area contributed by atoms with Gasteiger partial charge in [0.05, 0.1) is 5.69 Å². The molecule has 0 spiro atoms. The van der Waals surface area contributed by atoms with Gasteiger partial charge in [0.25, 0.3) is 0 Å². The van der Waals surface area contributed by atoms with Crippen molar-refractivity contribution in [1.29, 1.82) is 0 Å². The first-order valence-corrected chi connectivity index (χ1v) is 6.26. The number of carboxylic acids is 1. The molecule has 0 radical (unpaired) electrons. The fraction of sp³-hybridized carbons (Fsp3) is 0.250. The maximum atomic E-state index is 10.7. The molecule has 0 aliphatic heterocycles. The van der Waals surface area contributed by atoms with E-state index in [-0.39, 0.29) is 10.8 Å². The third-order valence-electron chi connectivity index (χ3n) is 2.26. The molecular formula is C12H12N2O3S. The fourth-order valence-corrected chi connectivity index (χ4v) is 1.97. The Hall–Kier alpha value is -1.95. The Morgan fingerprint density at radius 1 is 1.39 bits per heavy atom. The van der Waals surface area contributed by atoms with Gasteiger partial charge >= 0.3 is 5.97 Å². The summed E-state index contributed by atoms with van der Waals surface area (Å²) in [5, 5.41) is 10.4. The Balaban J connectivity index is 2.17. The summed E-state index contributed by atoms with van der Waals surface area (Å²) < 4.78 is 5.50. The third-order valence-corrected chi connectivity index (χ3v) is 3.16. The number of hydrogen-bond donors (Lipinski definition) is 1. The topological polar surface area (TPSA) is 72.3 Å². The van der Waals surface area contributed by atoms with Crippen molar-refractivity contribution in [2.45, 2.75) is 19.8 Å². The second kappa shape index (κ2) is 5.14. The first kappa shape index (κ1) is 12.5. The fourth-order valence-electron chi connectivity index (χ4n) is 1.33. The molecule has 2 rings (SSSR count). The Kier molecular flexibility index (Phi) is 3.57. The molecule has 2 aromatic heterocycles. The SMILES string of the molecule is CC(C)c1cc(Oc2csc(C(=O)O)c2)ncn1. The van der Waals surface area contributed by atoms with Crippen LogP contribution in [0.4, 0.5) is 0 Å². The van der Waals surface area contributed by atoms with E-state index in [1.54, 1.807) is 11.4 Å². The number of carbonyl (C=O) groups is 1. The van der Waals surface area contributed by atoms with Crippen molar-refractivity contribution in [2.75, 3.05) is 0 Å². The van der Waals surface area contributed by atoms with E-state index in [1.165, 1.54) is 12.4 Å². The third kappa shape index (κ3) is 2.84. The lowest BCUT2D eigenvalue weighted by Crippen LogP contribution is -1.95. The van der Waals surface area contributed by atoms with Crippen molar-refractivity contribution in [3.63, 3.8) is 0 Å². The molecule has 0 fully saturated rings. The predicted molar refractivity (Wildman–Crippen MR) is 67.5 cm³/mol. The lowest BCUT2D eigenvalue weighted by atomic mass is 10.1. The summed E-state index contributed by atoms with van der Waals surface area (Å²) in [6.07, 6.45) is 1.44. The van der Waals surface area contributed by atoms with Crippen LogP contribution in [0.2, 0.25) is 0 Å². The number of nitrogens with zero attached hydrogens (tertiary/aromatic N) is 2. The summed E-state index contributed by atoms with van der Waals surface area (Å²) >= 11 is 1.12. The summed E-state index contributed by atoms with van der Waals surface area (Å²) in [4.78, 5) is 19.1. The van der Waals surface area contributed by atoms with Crippen LogP contribution in [0.1, 0.15) is 35.1 Å². The Bertz CT molecular complexity index is 566. The molecular weight excluding hydrogens is 252 g/mol. The van der Waals surface area contributed by atoms with Gasteiger partial charge in [0.15, 0.2) is 0 Å². The highest BCUT2D eigenvalue weighted by Crippen LogP contribution is 2.26. The van der Waals surface area contributed by atoms with Crippen molar-refractivity contribution in [3.8, 4) is 11.6 Å². The highest BCUT2D eigenvalue weighted by molar-refractivity contribution is 7.12. The van der Waals surface area contributed by atoms with Crippen LogP contribution in [0.5, 0.6) is 11.6 Å². The van der Waals surface area contributed by atoms with Gasteiger partial charge in [0, 0.05) is 17.5 Å². The Morgan fingerprint density at radius 3 is 2.78 bits per heavy atom. The minimum absolute atomic E-state index is 0.239. The highest BCUT2D eigenvalue weighted by atomic mass is 32.1. The van der Waals surface area contributed by atoms with Crippen LogP contribution in [-0.2, 0) is 0 Å². The van der Waals surface area contributed by atoms with E-state index in [2.05, 4.69) is 9.97 Å². The van der Waals surface area contributed by atoms with Gasteiger partial charge in [-0.25, -0.2) is 14.8 Å². The molecule has 2 heterocycles. The van der Waals surface area contributed by atoms with Crippen LogP contribution < -0.4 is 4.74 Å². The van der Waals surface area contributed by atoms with E-state index in [9.17, 15) is 4.79 Å². The molecule has 1 N–H and O–H groups in total. The molecule has 0 aliphatic rings. The maximum absolute atomic E-state index is 10.7. The van der Waals surface area contributed by atoms with E-state index in [4.69, 9.17) is 9.84 Å². The molecule has 2 aromatic rings. The van der Waals surface area contributed by atoms with E-state index in [1.807, 2.05) is 13.8 Å². The predicted octanol–water partition coefficient (Wildman–Crippen LogP) is 3.15. The number of thiophene rings is 1. The maximum Gasteiger partial charge on any atom is 0.346 e. The quantitative estimate of drug-likeness (QED) is 0.918. The largest absolute Gasteiger partial charge is 0.477 e. The average Bonchev–Trinajstić information content (AvgIpc) is 2.78. The Morgan fingerprint density at radius 2 is 2.17 bits per heavy atom. The normalized spacial score (nSPS) is 10.6. The first-order chi connectivity index (χ1) is 8.56. The van der Waals surface area contributed by atoms with E-state index >= 15 is 0 Å². The zero-order valence-electron chi connectivity index (χ0n) is 9.95. The van der Waals surface area contributed by atoms with Crippen molar-refractivity contribution in [3.05, 3.63) is 34.4 Å². The highest BCUT2D eigenvalue weighted by Gasteiger charge is 2.09. The van der Waals surface area contributed by atoms with Gasteiger partial charge in [0.1, 0.15) is 17.0 Å². The lowest BCUT2D eigenvalue weighted by Gasteiger charge is -2.06. The number of aromatic carboxylic acids is 1. The zero-order valence-corrected chi connectivity index (χ0v) is 10.8. The minimum Gasteiger partial charge on any atom is -0.477 e. The second-order valence-electron chi connectivity index (χ2n) is 3.99. The van der Waals surface area contributed by atoms with Gasteiger partial charge in [0.2, 0.25) is 5.88 Å². The van der Waals surface area contributed by atoms with Crippen molar-refractivity contribution >= 4 is 17.3 Å². The standard InChI is InChI=1S/C12H12N2O3S/c1-7(2)9-4-11(14-6-13-9)17-8-3-10(12(15)16)18-5-8/h3-7H,1-2H3,(H,15,16). The number of carboxylic acid groups (broad SMARTS) is 1. The number of rotatable bonds is 4. The second-order valence-corrected chi connectivity index (χ2v) is 4.90. The molecule has 0 unspecified atom stereocenters. The van der Waals surface area contributed by atoms with Gasteiger partial charge in [-0.1, -0.05) is 13.8 Å². The number of aromatic nitrogens is 2. The van der Waals surface area contributed by atoms with Gasteiger partial charge in [-0.15, -0.1) is 11.3 Å². The van der Waals surface area contributed by atoms with Crippen molar-refractivity contribution < 1.29 is 14.6 Å². The summed E-state index contributed by atoms with van der Waals surface area (Å²) in [6.45, 7) is 4.05. The van der Waals surface area contributed by atoms with Gasteiger partial charge in [-0.05, 0) is 5.92 Å². The summed E-state index contributed by atoms with van der Waals surface area (Å²) in [5.74, 6) is 0.224. The molecule has 0 aliphatic carbocycles. The zero-order chi connectivity index (χ0) is 13.1. The minimum atomic E-state index is -0.958. The van der Waals surface area contributed by atoms with Gasteiger partial charge < -0.3 is 9.84 Å². The molecule has 0 aromatic carbocycles. The molecule has 0 saturated heterocycles. The van der Waals surface area contributed by atoms with Crippen LogP contribution in [0.3, 0.4) is 0 Å². The summed E-state index contributed by atoms with van der Waals surface area (Å²) in [6, 6.07) is 3.23. The van der Waals surface area contributed by atoms with E-state index < -0.39 is 5.97 Å². The average molecular weight is 264 g/mol. The number of hydrogen-bond acceptors (Lipinski definition) is 5. The van der Waals surface area contributed by atoms with Crippen LogP contribution in [0.15, 0.2) is 23.8 Å². The van der Waals surface area contributed by atoms with Gasteiger partial charge in [-0.2, -0.15) is 0 Å². The molecule has 0 amide bonds. The molecule has 6 heteroatoms. The van der Waals surface area contributed by atoms with E-state index in [0.29, 0.717) is 11.6 Å². The smallest absolute Gasteiger partial charge is 0.346 e. The Labute approximate surface area is 108 Å². The van der Waals surface area contributed by atoms with Crippen LogP contribution in [-0.4, -0.2) is 21.0 Å². The van der Waals surface area contributed by atoms with E-state index in [0.717, 1.165) is 17.0 Å². The molecule has 94 valence electrons. The number of ether oxygens (including phenoxy) is 1. The lowest BCUT2D eigenvalue weighted by molar-refractivity contribution is 0.0702. The molecule has 0 saturated carbocycles. The van der Waals surface area contributed by atoms with Crippen LogP contribution >= 0.6 is 11.3 Å². The molecule has 0 atom stereocenters. The summed E-state index contributed by atoms with van der Waals surface area (Å²) in [5.41, 5.74) is 0.883. The molecule has 18 heavy (non-hydrogen) atoms. The van der Waals surface area contributed by atoms with Crippen LogP contribution in [0.25, 0.3) is 0 Å². The van der Waals surface area contributed by atoms with Crippen molar-refractivity contribution in [1.82, 2.24) is 9.97 Å². The monoisotopic (exact) mass is 264 g/mol. The summed E-state index contributed by atoms with van der Waals surface area (Å²) in [7, 11) is 0. The van der Waals surface area contributed by atoms with Crippen LogP contribution in [0, 0.1) is 0 Å². The van der Waals surface area contributed by atoms with Crippen molar-refractivity contribution in [2.24, 2.45) is 0 Å². The molecule has 5 nitrogen and oxygen atoms in total. The first-order valence-electron chi connectivity index (χ1n) is 5.38. The molecule has 0 bridgehead atoms. The van der Waals surface area contributed by atoms with Gasteiger partial charge in [-0.3, -0.25) is 0 Å².